The van der Waals surface area contributed by atoms with Crippen LogP contribution < -0.4 is 14.4 Å². The lowest BCUT2D eigenvalue weighted by atomic mass is 9.69. The van der Waals surface area contributed by atoms with Gasteiger partial charge < -0.3 is 19.3 Å². The first kappa shape index (κ1) is 26.1. The van der Waals surface area contributed by atoms with Crippen molar-refractivity contribution in [3.8, 4) is 5.75 Å². The maximum Gasteiger partial charge on any atom is 0.292 e. The summed E-state index contributed by atoms with van der Waals surface area (Å²) in [6.07, 6.45) is 8.22. The van der Waals surface area contributed by atoms with E-state index in [-0.39, 0.29) is 23.2 Å². The van der Waals surface area contributed by atoms with Crippen LogP contribution in [-0.4, -0.2) is 47.1 Å². The summed E-state index contributed by atoms with van der Waals surface area (Å²) in [4.78, 5) is 15.5. The van der Waals surface area contributed by atoms with Gasteiger partial charge in [-0.05, 0) is 85.4 Å². The molecule has 0 saturated heterocycles. The number of hydrogen-bond donors (Lipinski definition) is 2. The van der Waals surface area contributed by atoms with Crippen LogP contribution in [0.2, 0.25) is 5.02 Å². The van der Waals surface area contributed by atoms with Gasteiger partial charge in [-0.25, -0.2) is 0 Å². The summed E-state index contributed by atoms with van der Waals surface area (Å²) in [5, 5.41) is 11.8. The lowest BCUT2D eigenvalue weighted by Crippen LogP contribution is -2.48. The summed E-state index contributed by atoms with van der Waals surface area (Å²) in [6, 6.07) is 11.7. The number of rotatable bonds is 0. The lowest BCUT2D eigenvalue weighted by Gasteiger charge is -2.44. The zero-order valence-corrected chi connectivity index (χ0v) is 23.3. The van der Waals surface area contributed by atoms with Gasteiger partial charge in [0.05, 0.1) is 29.8 Å². The fraction of sp³-hybridized carbons (Fsp3) is 0.500. The molecule has 1 saturated carbocycles. The Hall–Kier alpha value is -2.19. The van der Waals surface area contributed by atoms with Crippen molar-refractivity contribution in [2.45, 2.75) is 50.5 Å². The van der Waals surface area contributed by atoms with Crippen molar-refractivity contribution in [3.05, 3.63) is 70.3 Å². The van der Waals surface area contributed by atoms with Crippen LogP contribution >= 0.6 is 11.6 Å². The number of hydrogen-bond acceptors (Lipinski definition) is 5. The molecule has 1 spiro atoms. The molecular formula is C30H35ClN2O4S. The monoisotopic (exact) mass is 554 g/mol. The van der Waals surface area contributed by atoms with Gasteiger partial charge in [0.25, 0.3) is 5.91 Å². The van der Waals surface area contributed by atoms with Crippen LogP contribution in [0.25, 0.3) is 0 Å². The van der Waals surface area contributed by atoms with Crippen LogP contribution in [0.3, 0.4) is 0 Å². The fourth-order valence-corrected chi connectivity index (χ4v) is 7.94. The Morgan fingerprint density at radius 1 is 1.24 bits per heavy atom. The molecule has 6 nitrogen and oxygen atoms in total. The summed E-state index contributed by atoms with van der Waals surface area (Å²) in [5.74, 6) is 1.38. The van der Waals surface area contributed by atoms with Gasteiger partial charge in [-0.2, -0.15) is 4.72 Å². The van der Waals surface area contributed by atoms with E-state index in [2.05, 4.69) is 21.8 Å². The van der Waals surface area contributed by atoms with Gasteiger partial charge in [-0.1, -0.05) is 36.7 Å². The van der Waals surface area contributed by atoms with Crippen molar-refractivity contribution in [1.29, 1.82) is 0 Å². The SMILES string of the molecule is CC1/C=C/CC(O)C2CCC2CN2CC3(CCc4cc(Cl)ccc43)COc3ccc(cc32)C(=O)N[S+]([O-])C1. The third-order valence-corrected chi connectivity index (χ3v) is 10.4. The molecule has 202 valence electrons. The molecule has 6 unspecified atom stereocenters. The van der Waals surface area contributed by atoms with E-state index < -0.39 is 17.5 Å². The Labute approximate surface area is 232 Å². The number of carbonyl (C=O) groups is 1. The van der Waals surface area contributed by atoms with Crippen molar-refractivity contribution in [2.24, 2.45) is 17.8 Å². The van der Waals surface area contributed by atoms with E-state index in [1.54, 1.807) is 6.07 Å². The third-order valence-electron chi connectivity index (χ3n) is 8.96. The minimum atomic E-state index is -1.50. The zero-order chi connectivity index (χ0) is 26.4. The second-order valence-electron chi connectivity index (χ2n) is 11.6. The van der Waals surface area contributed by atoms with Gasteiger partial charge in [0.15, 0.2) is 0 Å². The molecule has 38 heavy (non-hydrogen) atoms. The highest BCUT2D eigenvalue weighted by Gasteiger charge is 2.45. The molecule has 2 aromatic carbocycles. The molecule has 0 radical (unpaired) electrons. The van der Waals surface area contributed by atoms with Crippen LogP contribution in [0.1, 0.15) is 54.1 Å². The summed E-state index contributed by atoms with van der Waals surface area (Å²) in [7, 11) is 0. The van der Waals surface area contributed by atoms with E-state index in [0.717, 1.165) is 55.2 Å². The Morgan fingerprint density at radius 2 is 2.11 bits per heavy atom. The van der Waals surface area contributed by atoms with E-state index in [0.29, 0.717) is 30.3 Å². The van der Waals surface area contributed by atoms with E-state index >= 15 is 0 Å². The number of anilines is 1. The molecule has 2 bridgehead atoms. The Kier molecular flexibility index (Phi) is 7.14. The standard InChI is InChI=1S/C30H35ClN2O4S/c1-19-3-2-4-27(34)24-8-5-22(24)15-33-17-30(12-11-20-13-23(31)7-9-25(20)30)18-37-28-10-6-21(14-26(28)33)29(35)32-38(36)16-19/h2-3,6-7,9-10,13-14,19,22,24,27,34H,4-5,8,11-12,15-18H2,1H3,(H,32,35)/b3-2+. The molecule has 2 heterocycles. The number of aliphatic hydroxyl groups is 1. The lowest BCUT2D eigenvalue weighted by molar-refractivity contribution is 0.0177. The normalized spacial score (nSPS) is 33.8. The Bertz CT molecular complexity index is 1250. The average Bonchev–Trinajstić information content (AvgIpc) is 3.12. The number of nitrogens with zero attached hydrogens (tertiary/aromatic N) is 1. The number of ether oxygens (including phenoxy) is 1. The summed E-state index contributed by atoms with van der Waals surface area (Å²) in [6.45, 7) is 4.09. The number of amides is 1. The van der Waals surface area contributed by atoms with Crippen LogP contribution in [0.4, 0.5) is 5.69 Å². The maximum absolute atomic E-state index is 13.1. The topological polar surface area (TPSA) is 84.9 Å². The number of nitrogens with one attached hydrogen (secondary N) is 1. The van der Waals surface area contributed by atoms with Crippen molar-refractivity contribution < 1.29 is 19.2 Å². The number of halogens is 1. The molecule has 2 aliphatic carbocycles. The van der Waals surface area contributed by atoms with E-state index in [1.807, 2.05) is 37.3 Å². The Morgan fingerprint density at radius 3 is 2.92 bits per heavy atom. The minimum Gasteiger partial charge on any atom is -0.593 e. The summed E-state index contributed by atoms with van der Waals surface area (Å²) < 4.78 is 21.8. The van der Waals surface area contributed by atoms with Gasteiger partial charge in [-0.3, -0.25) is 4.79 Å². The van der Waals surface area contributed by atoms with Gasteiger partial charge >= 0.3 is 0 Å². The predicted octanol–water partition coefficient (Wildman–Crippen LogP) is 4.80. The first-order valence-electron chi connectivity index (χ1n) is 13.7. The van der Waals surface area contributed by atoms with Gasteiger partial charge in [0.2, 0.25) is 0 Å². The number of aryl methyl sites for hydroxylation is 1. The van der Waals surface area contributed by atoms with Gasteiger partial charge in [-0.15, -0.1) is 0 Å². The highest BCUT2D eigenvalue weighted by molar-refractivity contribution is 7.90. The van der Waals surface area contributed by atoms with E-state index in [1.165, 1.54) is 11.1 Å². The maximum atomic E-state index is 13.1. The van der Waals surface area contributed by atoms with Crippen molar-refractivity contribution in [3.63, 3.8) is 0 Å². The molecule has 0 aromatic heterocycles. The van der Waals surface area contributed by atoms with Crippen LogP contribution in [0.5, 0.6) is 5.75 Å². The number of carbonyl (C=O) groups excluding carboxylic acids is 1. The van der Waals surface area contributed by atoms with Crippen molar-refractivity contribution in [2.75, 3.05) is 30.3 Å². The Balaban J connectivity index is 1.38. The number of aliphatic hydroxyl groups excluding tert-OH is 1. The molecule has 8 heteroatoms. The quantitative estimate of drug-likeness (QED) is 0.361. The van der Waals surface area contributed by atoms with Crippen LogP contribution in [0.15, 0.2) is 48.6 Å². The first-order valence-corrected chi connectivity index (χ1v) is 15.4. The second-order valence-corrected chi connectivity index (χ2v) is 13.3. The van der Waals surface area contributed by atoms with Crippen LogP contribution in [0, 0.1) is 17.8 Å². The predicted molar refractivity (Wildman–Crippen MR) is 151 cm³/mol. The minimum absolute atomic E-state index is 0.0322. The molecule has 1 fully saturated rings. The average molecular weight is 555 g/mol. The highest BCUT2D eigenvalue weighted by Crippen LogP contribution is 2.47. The first-order chi connectivity index (χ1) is 18.3. The molecule has 2 aromatic rings. The smallest absolute Gasteiger partial charge is 0.292 e. The van der Waals surface area contributed by atoms with E-state index in [4.69, 9.17) is 16.3 Å². The molecular weight excluding hydrogens is 520 g/mol. The largest absolute Gasteiger partial charge is 0.593 e. The molecule has 2 aliphatic heterocycles. The van der Waals surface area contributed by atoms with E-state index in [9.17, 15) is 14.5 Å². The number of benzene rings is 2. The number of fused-ring (bicyclic) bond motifs is 4. The molecule has 1 amide bonds. The molecule has 4 aliphatic rings. The van der Waals surface area contributed by atoms with Gasteiger partial charge in [0, 0.05) is 35.0 Å². The zero-order valence-electron chi connectivity index (χ0n) is 21.7. The molecule has 2 N–H and O–H groups in total. The van der Waals surface area contributed by atoms with Crippen molar-refractivity contribution in [1.82, 2.24) is 4.72 Å². The fourth-order valence-electron chi connectivity index (χ4n) is 6.75. The molecule has 6 rings (SSSR count). The summed E-state index contributed by atoms with van der Waals surface area (Å²) in [5.41, 5.74) is 3.76. The highest BCUT2D eigenvalue weighted by atomic mass is 35.5. The second kappa shape index (κ2) is 10.4. The summed E-state index contributed by atoms with van der Waals surface area (Å²) >= 11 is 4.83. The van der Waals surface area contributed by atoms with Gasteiger partial charge in [0.1, 0.15) is 11.5 Å². The third kappa shape index (κ3) is 4.94. The number of allylic oxidation sites excluding steroid dienone is 1. The molecule has 6 atom stereocenters. The van der Waals surface area contributed by atoms with Crippen LogP contribution in [-0.2, 0) is 23.2 Å². The van der Waals surface area contributed by atoms with Crippen molar-refractivity contribution >= 4 is 34.6 Å².